The molecule has 152 valence electrons. The topological polar surface area (TPSA) is 70.7 Å². The summed E-state index contributed by atoms with van der Waals surface area (Å²) < 4.78 is 5.43. The number of rotatable bonds is 6. The Morgan fingerprint density at radius 3 is 2.17 bits per heavy atom. The fourth-order valence-electron chi connectivity index (χ4n) is 3.78. The van der Waals surface area contributed by atoms with E-state index in [9.17, 15) is 9.59 Å². The maximum Gasteiger partial charge on any atom is 0.240 e. The van der Waals surface area contributed by atoms with Gasteiger partial charge in [-0.25, -0.2) is 0 Å². The van der Waals surface area contributed by atoms with Gasteiger partial charge in [0.05, 0.1) is 24.6 Å². The number of amides is 2. The zero-order chi connectivity index (χ0) is 20.3. The summed E-state index contributed by atoms with van der Waals surface area (Å²) in [7, 11) is 0. The zero-order valence-electron chi connectivity index (χ0n) is 16.7. The van der Waals surface area contributed by atoms with Gasteiger partial charge >= 0.3 is 0 Å². The van der Waals surface area contributed by atoms with Crippen molar-refractivity contribution in [2.75, 3.05) is 41.8 Å². The highest BCUT2D eigenvalue weighted by molar-refractivity contribution is 6.17. The van der Waals surface area contributed by atoms with Crippen molar-refractivity contribution in [2.24, 2.45) is 5.41 Å². The molecule has 6 nitrogen and oxygen atoms in total. The summed E-state index contributed by atoms with van der Waals surface area (Å²) in [6.07, 6.45) is 1.96. The molecule has 1 aliphatic heterocycles. The van der Waals surface area contributed by atoms with Gasteiger partial charge in [-0.2, -0.15) is 0 Å². The molecule has 1 saturated heterocycles. The SMILES string of the molecule is CCc1ccccc1NC(=O)C1(C(=O)Nc2ccccc2N2CCOCC2)CC1. The Hall–Kier alpha value is -2.86. The van der Waals surface area contributed by atoms with Gasteiger partial charge in [0.25, 0.3) is 0 Å². The number of benzene rings is 2. The van der Waals surface area contributed by atoms with Crippen LogP contribution in [0.2, 0.25) is 0 Å². The van der Waals surface area contributed by atoms with E-state index in [1.165, 1.54) is 0 Å². The number of ether oxygens (including phenoxy) is 1. The van der Waals surface area contributed by atoms with Crippen LogP contribution in [-0.2, 0) is 20.7 Å². The second-order valence-electron chi connectivity index (χ2n) is 7.62. The Bertz CT molecular complexity index is 902. The number of morpholine rings is 1. The van der Waals surface area contributed by atoms with Gasteiger partial charge in [0, 0.05) is 18.8 Å². The lowest BCUT2D eigenvalue weighted by molar-refractivity contribution is -0.131. The highest BCUT2D eigenvalue weighted by Crippen LogP contribution is 2.48. The van der Waals surface area contributed by atoms with E-state index in [0.29, 0.717) is 26.1 Å². The monoisotopic (exact) mass is 393 g/mol. The van der Waals surface area contributed by atoms with E-state index in [2.05, 4.69) is 15.5 Å². The second kappa shape index (κ2) is 8.25. The normalized spacial score (nSPS) is 17.5. The molecule has 4 rings (SSSR count). The Morgan fingerprint density at radius 2 is 1.52 bits per heavy atom. The van der Waals surface area contributed by atoms with Gasteiger partial charge in [-0.3, -0.25) is 9.59 Å². The first kappa shape index (κ1) is 19.5. The number of nitrogens with zero attached hydrogens (tertiary/aromatic N) is 1. The minimum atomic E-state index is -0.987. The molecule has 2 aliphatic rings. The molecule has 0 aromatic heterocycles. The maximum atomic E-state index is 13.1. The van der Waals surface area contributed by atoms with Crippen LogP contribution >= 0.6 is 0 Å². The lowest BCUT2D eigenvalue weighted by atomic mass is 10.0. The lowest BCUT2D eigenvalue weighted by Gasteiger charge is -2.30. The fourth-order valence-corrected chi connectivity index (χ4v) is 3.78. The molecule has 2 N–H and O–H groups in total. The maximum absolute atomic E-state index is 13.1. The molecule has 2 aromatic rings. The van der Waals surface area contributed by atoms with Crippen LogP contribution in [0.1, 0.15) is 25.3 Å². The number of nitrogens with one attached hydrogen (secondary N) is 2. The Kier molecular flexibility index (Phi) is 5.53. The van der Waals surface area contributed by atoms with Crippen LogP contribution in [0.3, 0.4) is 0 Å². The first-order valence-electron chi connectivity index (χ1n) is 10.3. The van der Waals surface area contributed by atoms with E-state index in [1.807, 2.05) is 55.5 Å². The second-order valence-corrected chi connectivity index (χ2v) is 7.62. The summed E-state index contributed by atoms with van der Waals surface area (Å²) in [6, 6.07) is 15.5. The first-order valence-corrected chi connectivity index (χ1v) is 10.3. The number of hydrogen-bond donors (Lipinski definition) is 2. The highest BCUT2D eigenvalue weighted by Gasteiger charge is 2.56. The standard InChI is InChI=1S/C23H27N3O3/c1-2-17-7-3-4-8-18(17)24-21(27)23(11-12-23)22(28)25-19-9-5-6-10-20(19)26-13-15-29-16-14-26/h3-10H,2,11-16H2,1H3,(H,24,27)(H,25,28). The van der Waals surface area contributed by atoms with Gasteiger partial charge < -0.3 is 20.3 Å². The molecule has 1 saturated carbocycles. The molecular formula is C23H27N3O3. The largest absolute Gasteiger partial charge is 0.378 e. The summed E-state index contributed by atoms with van der Waals surface area (Å²) in [5.41, 5.74) is 2.57. The minimum Gasteiger partial charge on any atom is -0.378 e. The molecule has 29 heavy (non-hydrogen) atoms. The van der Waals surface area contributed by atoms with Crippen molar-refractivity contribution in [3.05, 3.63) is 54.1 Å². The third kappa shape index (κ3) is 3.98. The van der Waals surface area contributed by atoms with Gasteiger partial charge in [0.2, 0.25) is 11.8 Å². The average Bonchev–Trinajstić information content (AvgIpc) is 3.57. The number of para-hydroxylation sites is 3. The fraction of sp³-hybridized carbons (Fsp3) is 0.391. The van der Waals surface area contributed by atoms with Gasteiger partial charge in [0.1, 0.15) is 5.41 Å². The molecule has 6 heteroatoms. The Morgan fingerprint density at radius 1 is 0.931 bits per heavy atom. The quantitative estimate of drug-likeness (QED) is 0.738. The number of anilines is 3. The minimum absolute atomic E-state index is 0.222. The van der Waals surface area contributed by atoms with Crippen molar-refractivity contribution in [3.63, 3.8) is 0 Å². The van der Waals surface area contributed by atoms with E-state index in [0.717, 1.165) is 42.1 Å². The van der Waals surface area contributed by atoms with E-state index in [-0.39, 0.29) is 11.8 Å². The van der Waals surface area contributed by atoms with Crippen molar-refractivity contribution in [2.45, 2.75) is 26.2 Å². The summed E-state index contributed by atoms with van der Waals surface area (Å²) in [4.78, 5) is 28.3. The van der Waals surface area contributed by atoms with Gasteiger partial charge in [-0.1, -0.05) is 37.3 Å². The van der Waals surface area contributed by atoms with Crippen LogP contribution in [-0.4, -0.2) is 38.1 Å². The van der Waals surface area contributed by atoms with E-state index in [4.69, 9.17) is 4.74 Å². The molecule has 2 aromatic carbocycles. The highest BCUT2D eigenvalue weighted by atomic mass is 16.5. The number of carbonyl (C=O) groups excluding carboxylic acids is 2. The lowest BCUT2D eigenvalue weighted by Crippen LogP contribution is -2.38. The van der Waals surface area contributed by atoms with E-state index < -0.39 is 5.41 Å². The first-order chi connectivity index (χ1) is 14.1. The van der Waals surface area contributed by atoms with E-state index >= 15 is 0 Å². The summed E-state index contributed by atoms with van der Waals surface area (Å²) >= 11 is 0. The molecular weight excluding hydrogens is 366 g/mol. The summed E-state index contributed by atoms with van der Waals surface area (Å²) in [6.45, 7) is 4.96. The third-order valence-electron chi connectivity index (χ3n) is 5.77. The number of hydrogen-bond acceptors (Lipinski definition) is 4. The summed E-state index contributed by atoms with van der Waals surface area (Å²) in [5.74, 6) is -0.454. The van der Waals surface area contributed by atoms with Crippen molar-refractivity contribution >= 4 is 28.9 Å². The molecule has 0 spiro atoms. The number of carbonyl (C=O) groups is 2. The molecule has 0 radical (unpaired) electrons. The molecule has 1 aliphatic carbocycles. The summed E-state index contributed by atoms with van der Waals surface area (Å²) in [5, 5.41) is 6.01. The van der Waals surface area contributed by atoms with Crippen LogP contribution in [0.25, 0.3) is 0 Å². The predicted molar refractivity (Wildman–Crippen MR) is 114 cm³/mol. The molecule has 2 fully saturated rings. The van der Waals surface area contributed by atoms with Crippen LogP contribution in [0, 0.1) is 5.41 Å². The van der Waals surface area contributed by atoms with E-state index in [1.54, 1.807) is 0 Å². The third-order valence-corrected chi connectivity index (χ3v) is 5.77. The van der Waals surface area contributed by atoms with Crippen LogP contribution in [0.15, 0.2) is 48.5 Å². The molecule has 0 unspecified atom stereocenters. The average molecular weight is 393 g/mol. The molecule has 1 heterocycles. The Labute approximate surface area is 171 Å². The van der Waals surface area contributed by atoms with Crippen molar-refractivity contribution in [1.29, 1.82) is 0 Å². The molecule has 2 amide bonds. The van der Waals surface area contributed by atoms with Gasteiger partial charge in [0.15, 0.2) is 0 Å². The van der Waals surface area contributed by atoms with Crippen LogP contribution < -0.4 is 15.5 Å². The van der Waals surface area contributed by atoms with Gasteiger partial charge in [-0.15, -0.1) is 0 Å². The zero-order valence-corrected chi connectivity index (χ0v) is 16.7. The smallest absolute Gasteiger partial charge is 0.240 e. The predicted octanol–water partition coefficient (Wildman–Crippen LogP) is 3.44. The van der Waals surface area contributed by atoms with Crippen molar-refractivity contribution in [3.8, 4) is 0 Å². The molecule has 0 atom stereocenters. The molecule has 0 bridgehead atoms. The van der Waals surface area contributed by atoms with Crippen molar-refractivity contribution < 1.29 is 14.3 Å². The number of aryl methyl sites for hydroxylation is 1. The van der Waals surface area contributed by atoms with Crippen LogP contribution in [0.4, 0.5) is 17.1 Å². The van der Waals surface area contributed by atoms with Crippen LogP contribution in [0.5, 0.6) is 0 Å². The van der Waals surface area contributed by atoms with Crippen molar-refractivity contribution in [1.82, 2.24) is 0 Å². The van der Waals surface area contributed by atoms with Gasteiger partial charge in [-0.05, 0) is 43.0 Å². The Balaban J connectivity index is 1.49.